The van der Waals surface area contributed by atoms with E-state index in [9.17, 15) is 8.42 Å². The molecule has 0 bridgehead atoms. The van der Waals surface area contributed by atoms with Gasteiger partial charge in [-0.25, -0.2) is 8.42 Å². The van der Waals surface area contributed by atoms with Crippen molar-refractivity contribution in [3.63, 3.8) is 0 Å². The third-order valence-electron chi connectivity index (χ3n) is 3.96. The van der Waals surface area contributed by atoms with Crippen LogP contribution in [0.15, 0.2) is 24.3 Å². The summed E-state index contributed by atoms with van der Waals surface area (Å²) in [6.45, 7) is 3.67. The van der Waals surface area contributed by atoms with Crippen LogP contribution in [-0.4, -0.2) is 57.2 Å². The lowest BCUT2D eigenvalue weighted by Crippen LogP contribution is -2.49. The van der Waals surface area contributed by atoms with E-state index in [0.717, 1.165) is 17.9 Å². The molecule has 1 unspecified atom stereocenters. The molecule has 1 fully saturated rings. The van der Waals surface area contributed by atoms with Crippen molar-refractivity contribution in [3.05, 3.63) is 29.8 Å². The minimum atomic E-state index is -3.15. The van der Waals surface area contributed by atoms with Crippen molar-refractivity contribution >= 4 is 10.0 Å². The van der Waals surface area contributed by atoms with Crippen LogP contribution >= 0.6 is 0 Å². The number of benzene rings is 1. The first-order valence-corrected chi connectivity index (χ1v) is 8.91. The van der Waals surface area contributed by atoms with Gasteiger partial charge in [0.15, 0.2) is 0 Å². The van der Waals surface area contributed by atoms with E-state index in [2.05, 4.69) is 4.90 Å². The van der Waals surface area contributed by atoms with E-state index in [1.807, 2.05) is 38.2 Å². The van der Waals surface area contributed by atoms with E-state index in [0.29, 0.717) is 19.5 Å². The Balaban J connectivity index is 2.26. The van der Waals surface area contributed by atoms with Crippen LogP contribution in [-0.2, 0) is 10.0 Å². The van der Waals surface area contributed by atoms with Crippen LogP contribution < -0.4 is 4.74 Å². The molecule has 6 heteroatoms. The zero-order chi connectivity index (χ0) is 15.5. The summed E-state index contributed by atoms with van der Waals surface area (Å²) >= 11 is 0. The Labute approximate surface area is 127 Å². The molecule has 0 amide bonds. The zero-order valence-electron chi connectivity index (χ0n) is 12.9. The molecule has 1 aliphatic heterocycles. The SMILES string of the molecule is CCCS(=O)(=O)N1CCN(C)C(c2ccccc2OC)C1. The third-order valence-corrected chi connectivity index (χ3v) is 6.01. The molecule has 0 N–H and O–H groups in total. The number of likely N-dealkylation sites (N-methyl/N-ethyl adjacent to an activating group) is 1. The molecule has 1 atom stereocenters. The van der Waals surface area contributed by atoms with Gasteiger partial charge in [0.25, 0.3) is 0 Å². The van der Waals surface area contributed by atoms with Crippen LogP contribution in [0.3, 0.4) is 0 Å². The molecule has 0 saturated carbocycles. The minimum absolute atomic E-state index is 0.0292. The summed E-state index contributed by atoms with van der Waals surface area (Å²) in [5.74, 6) is 1.03. The fraction of sp³-hybridized carbons (Fsp3) is 0.600. The molecule has 1 heterocycles. The summed E-state index contributed by atoms with van der Waals surface area (Å²) in [6, 6.07) is 7.85. The normalized spacial score (nSPS) is 21.4. The Morgan fingerprint density at radius 1 is 1.29 bits per heavy atom. The first kappa shape index (κ1) is 16.3. The smallest absolute Gasteiger partial charge is 0.214 e. The second-order valence-electron chi connectivity index (χ2n) is 5.41. The number of sulfonamides is 1. The molecule has 2 rings (SSSR count). The summed E-state index contributed by atoms with van der Waals surface area (Å²) in [4.78, 5) is 2.19. The third kappa shape index (κ3) is 3.56. The average Bonchev–Trinajstić information content (AvgIpc) is 2.47. The van der Waals surface area contributed by atoms with Crippen molar-refractivity contribution in [2.45, 2.75) is 19.4 Å². The van der Waals surface area contributed by atoms with Crippen molar-refractivity contribution in [1.29, 1.82) is 0 Å². The fourth-order valence-electron chi connectivity index (χ4n) is 2.77. The lowest BCUT2D eigenvalue weighted by atomic mass is 10.0. The van der Waals surface area contributed by atoms with Crippen molar-refractivity contribution in [2.24, 2.45) is 0 Å². The number of nitrogens with zero attached hydrogens (tertiary/aromatic N) is 2. The molecule has 0 aromatic heterocycles. The van der Waals surface area contributed by atoms with E-state index < -0.39 is 10.0 Å². The summed E-state index contributed by atoms with van der Waals surface area (Å²) < 4.78 is 31.6. The molecule has 21 heavy (non-hydrogen) atoms. The van der Waals surface area contributed by atoms with Gasteiger partial charge in [0.05, 0.1) is 18.9 Å². The van der Waals surface area contributed by atoms with Gasteiger partial charge in [-0.05, 0) is 19.5 Å². The van der Waals surface area contributed by atoms with E-state index in [4.69, 9.17) is 4.74 Å². The second kappa shape index (κ2) is 6.77. The summed E-state index contributed by atoms with van der Waals surface area (Å²) in [5.41, 5.74) is 1.04. The van der Waals surface area contributed by atoms with Crippen molar-refractivity contribution < 1.29 is 13.2 Å². The molecule has 118 valence electrons. The first-order valence-electron chi connectivity index (χ1n) is 7.30. The largest absolute Gasteiger partial charge is 0.496 e. The van der Waals surface area contributed by atoms with Gasteiger partial charge in [0.1, 0.15) is 5.75 Å². The molecular formula is C15H24N2O3S. The van der Waals surface area contributed by atoms with Gasteiger partial charge < -0.3 is 4.74 Å². The Morgan fingerprint density at radius 3 is 2.67 bits per heavy atom. The van der Waals surface area contributed by atoms with Crippen LogP contribution in [0.5, 0.6) is 5.75 Å². The predicted octanol–water partition coefficient (Wildman–Crippen LogP) is 1.72. The highest BCUT2D eigenvalue weighted by Gasteiger charge is 2.33. The molecule has 0 radical (unpaired) electrons. The first-order chi connectivity index (χ1) is 9.99. The number of para-hydroxylation sites is 1. The quantitative estimate of drug-likeness (QED) is 0.831. The molecule has 5 nitrogen and oxygen atoms in total. The number of methoxy groups -OCH3 is 1. The molecule has 1 aromatic rings. The second-order valence-corrected chi connectivity index (χ2v) is 7.50. The Hall–Kier alpha value is -1.11. The highest BCUT2D eigenvalue weighted by atomic mass is 32.2. The highest BCUT2D eigenvalue weighted by Crippen LogP contribution is 2.31. The lowest BCUT2D eigenvalue weighted by molar-refractivity contribution is 0.146. The minimum Gasteiger partial charge on any atom is -0.496 e. The molecular weight excluding hydrogens is 288 g/mol. The maximum Gasteiger partial charge on any atom is 0.214 e. The van der Waals surface area contributed by atoms with Gasteiger partial charge in [-0.15, -0.1) is 0 Å². The lowest BCUT2D eigenvalue weighted by Gasteiger charge is -2.39. The van der Waals surface area contributed by atoms with Gasteiger partial charge in [-0.3, -0.25) is 4.90 Å². The highest BCUT2D eigenvalue weighted by molar-refractivity contribution is 7.89. The maximum atomic E-state index is 12.3. The van der Waals surface area contributed by atoms with Gasteiger partial charge in [0.2, 0.25) is 10.0 Å². The van der Waals surface area contributed by atoms with Crippen LogP contribution in [0.1, 0.15) is 24.9 Å². The number of hydrogen-bond donors (Lipinski definition) is 0. The fourth-order valence-corrected chi connectivity index (χ4v) is 4.27. The molecule has 1 aromatic carbocycles. The Kier molecular flexibility index (Phi) is 5.24. The van der Waals surface area contributed by atoms with E-state index >= 15 is 0 Å². The average molecular weight is 312 g/mol. The summed E-state index contributed by atoms with van der Waals surface area (Å²) in [6.07, 6.45) is 0.647. The molecule has 0 spiro atoms. The van der Waals surface area contributed by atoms with Crippen LogP contribution in [0.25, 0.3) is 0 Å². The molecule has 1 aliphatic rings. The monoisotopic (exact) mass is 312 g/mol. The van der Waals surface area contributed by atoms with E-state index in [1.54, 1.807) is 11.4 Å². The number of rotatable bonds is 5. The van der Waals surface area contributed by atoms with Crippen molar-refractivity contribution in [2.75, 3.05) is 39.5 Å². The summed E-state index contributed by atoms with van der Waals surface area (Å²) in [7, 11) is 0.523. The zero-order valence-corrected chi connectivity index (χ0v) is 13.8. The standard InChI is InChI=1S/C15H24N2O3S/c1-4-11-21(18,19)17-10-9-16(2)14(12-17)13-7-5-6-8-15(13)20-3/h5-8,14H,4,9-12H2,1-3H3. The van der Waals surface area contributed by atoms with E-state index in [-0.39, 0.29) is 11.8 Å². The predicted molar refractivity (Wildman–Crippen MR) is 84.0 cm³/mol. The topological polar surface area (TPSA) is 49.9 Å². The number of piperazine rings is 1. The van der Waals surface area contributed by atoms with Crippen LogP contribution in [0.4, 0.5) is 0 Å². The van der Waals surface area contributed by atoms with Gasteiger partial charge >= 0.3 is 0 Å². The summed E-state index contributed by atoms with van der Waals surface area (Å²) in [5, 5.41) is 0. The number of hydrogen-bond acceptors (Lipinski definition) is 4. The van der Waals surface area contributed by atoms with Crippen LogP contribution in [0.2, 0.25) is 0 Å². The van der Waals surface area contributed by atoms with Gasteiger partial charge in [-0.2, -0.15) is 4.31 Å². The number of ether oxygens (including phenoxy) is 1. The Bertz CT molecular complexity index is 574. The van der Waals surface area contributed by atoms with Gasteiger partial charge in [0, 0.05) is 25.2 Å². The molecule has 0 aliphatic carbocycles. The molecule has 1 saturated heterocycles. The van der Waals surface area contributed by atoms with Gasteiger partial charge in [-0.1, -0.05) is 25.1 Å². The van der Waals surface area contributed by atoms with E-state index in [1.165, 1.54) is 0 Å². The maximum absolute atomic E-state index is 12.3. The van der Waals surface area contributed by atoms with Crippen LogP contribution in [0, 0.1) is 0 Å². The Morgan fingerprint density at radius 2 is 2.00 bits per heavy atom. The van der Waals surface area contributed by atoms with Crippen molar-refractivity contribution in [3.8, 4) is 5.75 Å². The van der Waals surface area contributed by atoms with Crippen molar-refractivity contribution in [1.82, 2.24) is 9.21 Å².